The Morgan fingerprint density at radius 1 is 1.09 bits per heavy atom. The molecule has 0 radical (unpaired) electrons. The Hall–Kier alpha value is -2.38. The summed E-state index contributed by atoms with van der Waals surface area (Å²) < 4.78 is 33.2. The van der Waals surface area contributed by atoms with Gasteiger partial charge in [-0.1, -0.05) is 31.5 Å². The Morgan fingerprint density at radius 3 is 2.36 bits per heavy atom. The molecule has 6 nitrogen and oxygen atoms in total. The van der Waals surface area contributed by atoms with Crippen molar-refractivity contribution >= 4 is 15.9 Å². The van der Waals surface area contributed by atoms with Crippen LogP contribution in [0.3, 0.4) is 0 Å². The van der Waals surface area contributed by atoms with E-state index >= 15 is 0 Å². The van der Waals surface area contributed by atoms with E-state index in [1.165, 1.54) is 4.31 Å². The van der Waals surface area contributed by atoms with Crippen LogP contribution in [0.25, 0.3) is 0 Å². The smallest absolute Gasteiger partial charge is 0.243 e. The number of ether oxygens (including phenoxy) is 1. The Bertz CT molecular complexity index is 1090. The summed E-state index contributed by atoms with van der Waals surface area (Å²) in [6.45, 7) is 10.8. The summed E-state index contributed by atoms with van der Waals surface area (Å²) in [5.41, 5.74) is 4.21. The second-order valence-electron chi connectivity index (χ2n) is 9.35. The topological polar surface area (TPSA) is 75.7 Å². The number of nitrogens with one attached hydrogen (secondary N) is 1. The maximum absolute atomic E-state index is 13.1. The van der Waals surface area contributed by atoms with E-state index in [0.717, 1.165) is 28.0 Å². The fourth-order valence-corrected chi connectivity index (χ4v) is 5.98. The van der Waals surface area contributed by atoms with Crippen molar-refractivity contribution in [3.8, 4) is 5.75 Å². The molecular formula is C26H36N2O4S. The van der Waals surface area contributed by atoms with Crippen LogP contribution in [-0.2, 0) is 14.8 Å². The molecule has 7 heteroatoms. The lowest BCUT2D eigenvalue weighted by Gasteiger charge is -2.32. The van der Waals surface area contributed by atoms with Crippen molar-refractivity contribution in [3.05, 3.63) is 58.7 Å². The summed E-state index contributed by atoms with van der Waals surface area (Å²) in [7, 11) is -1.94. The molecule has 0 saturated carbocycles. The molecule has 0 aliphatic carbocycles. The zero-order chi connectivity index (χ0) is 24.3. The second kappa shape index (κ2) is 10.3. The normalized spacial score (nSPS) is 18.2. The first-order valence-electron chi connectivity index (χ1n) is 11.6. The van der Waals surface area contributed by atoms with Gasteiger partial charge >= 0.3 is 0 Å². The van der Waals surface area contributed by atoms with Gasteiger partial charge in [0.2, 0.25) is 15.9 Å². The summed E-state index contributed by atoms with van der Waals surface area (Å²) in [5.74, 6) is 0.673. The highest BCUT2D eigenvalue weighted by atomic mass is 32.2. The van der Waals surface area contributed by atoms with Gasteiger partial charge < -0.3 is 10.1 Å². The predicted molar refractivity (Wildman–Crippen MR) is 131 cm³/mol. The van der Waals surface area contributed by atoms with Crippen LogP contribution in [0.5, 0.6) is 5.75 Å². The lowest BCUT2D eigenvalue weighted by Crippen LogP contribution is -2.45. The number of piperidine rings is 1. The van der Waals surface area contributed by atoms with Gasteiger partial charge in [-0.25, -0.2) is 8.42 Å². The minimum Gasteiger partial charge on any atom is -0.496 e. The summed E-state index contributed by atoms with van der Waals surface area (Å²) in [6.07, 6.45) is 1.34. The van der Waals surface area contributed by atoms with E-state index in [-0.39, 0.29) is 29.3 Å². The van der Waals surface area contributed by atoms with Crippen LogP contribution in [0.1, 0.15) is 67.8 Å². The van der Waals surface area contributed by atoms with Gasteiger partial charge in [-0.15, -0.1) is 0 Å². The van der Waals surface area contributed by atoms with Crippen molar-refractivity contribution in [1.82, 2.24) is 9.62 Å². The van der Waals surface area contributed by atoms with E-state index in [1.807, 2.05) is 26.8 Å². The largest absolute Gasteiger partial charge is 0.496 e. The lowest BCUT2D eigenvalue weighted by atomic mass is 9.92. The van der Waals surface area contributed by atoms with Crippen molar-refractivity contribution in [2.75, 3.05) is 20.2 Å². The summed E-state index contributed by atoms with van der Waals surface area (Å²) in [5, 5.41) is 3.13. The number of hydrogen-bond acceptors (Lipinski definition) is 4. The predicted octanol–water partition coefficient (Wildman–Crippen LogP) is 4.71. The first kappa shape index (κ1) is 25.2. The number of nitrogens with zero attached hydrogens (tertiary/aromatic N) is 1. The highest BCUT2D eigenvalue weighted by Crippen LogP contribution is 2.32. The molecule has 1 aliphatic rings. The number of amides is 1. The van der Waals surface area contributed by atoms with Crippen molar-refractivity contribution in [2.24, 2.45) is 5.92 Å². The Kier molecular flexibility index (Phi) is 7.85. The minimum absolute atomic E-state index is 0.104. The van der Waals surface area contributed by atoms with E-state index in [2.05, 4.69) is 25.2 Å². The average molecular weight is 473 g/mol. The zero-order valence-corrected chi connectivity index (χ0v) is 21.3. The molecule has 2 atom stereocenters. The summed E-state index contributed by atoms with van der Waals surface area (Å²) >= 11 is 0. The van der Waals surface area contributed by atoms with Crippen molar-refractivity contribution in [2.45, 2.75) is 64.3 Å². The molecule has 33 heavy (non-hydrogen) atoms. The van der Waals surface area contributed by atoms with Gasteiger partial charge in [0, 0.05) is 13.1 Å². The number of carbonyl (C=O) groups excluding carboxylic acids is 1. The van der Waals surface area contributed by atoms with Gasteiger partial charge in [-0.3, -0.25) is 4.79 Å². The first-order chi connectivity index (χ1) is 15.5. The standard InChI is InChI=1S/C26H36N2O4S/c1-17(2)23-15-24(19(4)14-25(23)32-6)20(5)27-26(29)21-8-7-13-28(16-21)33(30,31)22-11-9-18(3)10-12-22/h9-12,14-15,17,20-21H,7-8,13,16H2,1-6H3,(H,27,29)/t20-,21+/m1/s1. The molecule has 1 amide bonds. The number of hydrogen-bond donors (Lipinski definition) is 1. The molecule has 3 rings (SSSR count). The molecule has 1 aliphatic heterocycles. The number of methoxy groups -OCH3 is 1. The molecule has 1 saturated heterocycles. The van der Waals surface area contributed by atoms with E-state index < -0.39 is 10.0 Å². The zero-order valence-electron chi connectivity index (χ0n) is 20.5. The molecule has 1 heterocycles. The number of carbonyl (C=O) groups is 1. The molecule has 1 fully saturated rings. The van der Waals surface area contributed by atoms with Crippen LogP contribution < -0.4 is 10.1 Å². The molecule has 0 bridgehead atoms. The molecule has 180 valence electrons. The molecule has 0 unspecified atom stereocenters. The fraction of sp³-hybridized carbons (Fsp3) is 0.500. The SMILES string of the molecule is COc1cc(C)c([C@@H](C)NC(=O)[C@H]2CCCN(S(=O)(=O)c3ccc(C)cc3)C2)cc1C(C)C. The average Bonchev–Trinajstić information content (AvgIpc) is 2.78. The van der Waals surface area contributed by atoms with Crippen LogP contribution in [0.15, 0.2) is 41.3 Å². The Morgan fingerprint density at radius 2 is 1.76 bits per heavy atom. The Labute approximate surface area is 198 Å². The first-order valence-corrected chi connectivity index (χ1v) is 13.0. The van der Waals surface area contributed by atoms with Gasteiger partial charge in [0.1, 0.15) is 5.75 Å². The number of aryl methyl sites for hydroxylation is 2. The van der Waals surface area contributed by atoms with Crippen LogP contribution in [-0.4, -0.2) is 38.8 Å². The molecular weight excluding hydrogens is 436 g/mol. The number of sulfonamides is 1. The third-order valence-electron chi connectivity index (χ3n) is 6.48. The number of rotatable bonds is 7. The van der Waals surface area contributed by atoms with Gasteiger partial charge in [0.25, 0.3) is 0 Å². The van der Waals surface area contributed by atoms with Crippen LogP contribution in [0, 0.1) is 19.8 Å². The van der Waals surface area contributed by atoms with Gasteiger partial charge in [0.15, 0.2) is 0 Å². The second-order valence-corrected chi connectivity index (χ2v) is 11.3. The molecule has 2 aromatic rings. The van der Waals surface area contributed by atoms with E-state index in [4.69, 9.17) is 4.74 Å². The molecule has 2 aromatic carbocycles. The third-order valence-corrected chi connectivity index (χ3v) is 8.36. The highest BCUT2D eigenvalue weighted by molar-refractivity contribution is 7.89. The minimum atomic E-state index is -3.62. The fourth-order valence-electron chi connectivity index (χ4n) is 4.45. The van der Waals surface area contributed by atoms with Crippen molar-refractivity contribution < 1.29 is 17.9 Å². The Balaban J connectivity index is 1.74. The van der Waals surface area contributed by atoms with E-state index in [0.29, 0.717) is 25.3 Å². The van der Waals surface area contributed by atoms with Crippen LogP contribution in [0.2, 0.25) is 0 Å². The lowest BCUT2D eigenvalue weighted by molar-refractivity contribution is -0.126. The van der Waals surface area contributed by atoms with Gasteiger partial charge in [0.05, 0.1) is 24.0 Å². The summed E-state index contributed by atoms with van der Waals surface area (Å²) in [4.78, 5) is 13.4. The molecule has 0 spiro atoms. The third kappa shape index (κ3) is 5.58. The molecule has 0 aromatic heterocycles. The van der Waals surface area contributed by atoms with E-state index in [1.54, 1.807) is 31.4 Å². The monoisotopic (exact) mass is 472 g/mol. The maximum Gasteiger partial charge on any atom is 0.243 e. The van der Waals surface area contributed by atoms with Gasteiger partial charge in [-0.05, 0) is 80.5 Å². The van der Waals surface area contributed by atoms with Crippen molar-refractivity contribution in [3.63, 3.8) is 0 Å². The number of benzene rings is 2. The van der Waals surface area contributed by atoms with Crippen molar-refractivity contribution in [1.29, 1.82) is 0 Å². The van der Waals surface area contributed by atoms with E-state index in [9.17, 15) is 13.2 Å². The van der Waals surface area contributed by atoms with Gasteiger partial charge in [-0.2, -0.15) is 4.31 Å². The summed E-state index contributed by atoms with van der Waals surface area (Å²) in [6, 6.07) is 10.8. The maximum atomic E-state index is 13.1. The molecule has 1 N–H and O–H groups in total. The van der Waals surface area contributed by atoms with Crippen LogP contribution in [0.4, 0.5) is 0 Å². The quantitative estimate of drug-likeness (QED) is 0.633. The highest BCUT2D eigenvalue weighted by Gasteiger charge is 2.34. The van der Waals surface area contributed by atoms with Crippen LogP contribution >= 0.6 is 0 Å².